The van der Waals surface area contributed by atoms with E-state index < -0.39 is 0 Å². The summed E-state index contributed by atoms with van der Waals surface area (Å²) in [7, 11) is 1.73. The Kier molecular flexibility index (Phi) is 7.25. The van der Waals surface area contributed by atoms with Gasteiger partial charge in [-0.2, -0.15) is 0 Å². The monoisotopic (exact) mass is 283 g/mol. The topological polar surface area (TPSA) is 21.3 Å². The number of hydrogen-bond acceptors (Lipinski definition) is 2. The number of benzene rings is 1. The molecule has 1 unspecified atom stereocenters. The van der Waals surface area contributed by atoms with Gasteiger partial charge in [-0.3, -0.25) is 0 Å². The van der Waals surface area contributed by atoms with E-state index >= 15 is 0 Å². The predicted molar refractivity (Wildman–Crippen MR) is 83.4 cm³/mol. The fourth-order valence-electron chi connectivity index (χ4n) is 2.68. The summed E-state index contributed by atoms with van der Waals surface area (Å²) in [5, 5.41) is 4.25. The van der Waals surface area contributed by atoms with Gasteiger partial charge in [-0.1, -0.05) is 45.2 Å². The van der Waals surface area contributed by atoms with E-state index in [1.165, 1.54) is 18.4 Å². The summed E-state index contributed by atoms with van der Waals surface area (Å²) in [6, 6.07) is 5.92. The highest BCUT2D eigenvalue weighted by atomic mass is 35.5. The molecule has 108 valence electrons. The number of ether oxygens (including phenoxy) is 1. The van der Waals surface area contributed by atoms with Gasteiger partial charge in [-0.25, -0.2) is 0 Å². The zero-order valence-corrected chi connectivity index (χ0v) is 13.3. The maximum Gasteiger partial charge on any atom is 0.122 e. The number of likely N-dealkylation sites (N-methyl/N-ethyl adjacent to an activating group) is 1. The Bertz CT molecular complexity index is 377. The van der Waals surface area contributed by atoms with Crippen LogP contribution in [0.15, 0.2) is 18.2 Å². The lowest BCUT2D eigenvalue weighted by atomic mass is 9.82. The van der Waals surface area contributed by atoms with E-state index in [0.717, 1.165) is 23.9 Å². The first-order valence-corrected chi connectivity index (χ1v) is 7.59. The summed E-state index contributed by atoms with van der Waals surface area (Å²) < 4.78 is 5.51. The zero-order valence-electron chi connectivity index (χ0n) is 12.5. The number of hydrogen-bond donors (Lipinski definition) is 1. The Balaban J connectivity index is 3.10. The van der Waals surface area contributed by atoms with Crippen molar-refractivity contribution >= 4 is 11.6 Å². The van der Waals surface area contributed by atoms with Crippen molar-refractivity contribution in [2.75, 3.05) is 20.2 Å². The molecule has 0 spiro atoms. The van der Waals surface area contributed by atoms with Gasteiger partial charge in [0.1, 0.15) is 5.75 Å². The van der Waals surface area contributed by atoms with Gasteiger partial charge >= 0.3 is 0 Å². The largest absolute Gasteiger partial charge is 0.496 e. The lowest BCUT2D eigenvalue weighted by molar-refractivity contribution is 0.357. The van der Waals surface area contributed by atoms with Gasteiger partial charge in [0.05, 0.1) is 7.11 Å². The highest BCUT2D eigenvalue weighted by Gasteiger charge is 2.23. The average molecular weight is 284 g/mol. The molecule has 0 amide bonds. The van der Waals surface area contributed by atoms with Crippen molar-refractivity contribution in [1.82, 2.24) is 5.32 Å². The second-order valence-electron chi connectivity index (χ2n) is 4.88. The molecule has 0 aromatic heterocycles. The van der Waals surface area contributed by atoms with Crippen molar-refractivity contribution in [3.05, 3.63) is 28.8 Å². The summed E-state index contributed by atoms with van der Waals surface area (Å²) >= 11 is 6.17. The predicted octanol–water partition coefficient (Wildman–Crippen LogP) is 4.48. The Morgan fingerprint density at radius 1 is 1.21 bits per heavy atom. The molecule has 1 N–H and O–H groups in total. The van der Waals surface area contributed by atoms with Gasteiger partial charge < -0.3 is 10.1 Å². The minimum atomic E-state index is 0.448. The minimum absolute atomic E-state index is 0.448. The van der Waals surface area contributed by atoms with Crippen molar-refractivity contribution in [1.29, 1.82) is 0 Å². The van der Waals surface area contributed by atoms with Gasteiger partial charge in [0.2, 0.25) is 0 Å². The van der Waals surface area contributed by atoms with E-state index in [2.05, 4.69) is 32.2 Å². The molecule has 0 saturated heterocycles. The molecule has 0 bridgehead atoms. The van der Waals surface area contributed by atoms with Gasteiger partial charge in [0, 0.05) is 23.0 Å². The van der Waals surface area contributed by atoms with Crippen molar-refractivity contribution in [2.45, 2.75) is 39.5 Å². The van der Waals surface area contributed by atoms with Gasteiger partial charge in [-0.05, 0) is 30.7 Å². The molecule has 3 heteroatoms. The van der Waals surface area contributed by atoms with Crippen LogP contribution in [-0.2, 0) is 0 Å². The first-order chi connectivity index (χ1) is 9.17. The minimum Gasteiger partial charge on any atom is -0.496 e. The molecular formula is C16H26ClNO. The van der Waals surface area contributed by atoms with Crippen LogP contribution < -0.4 is 10.1 Å². The highest BCUT2D eigenvalue weighted by molar-refractivity contribution is 6.30. The van der Waals surface area contributed by atoms with Crippen molar-refractivity contribution in [2.24, 2.45) is 5.92 Å². The molecule has 1 atom stereocenters. The third kappa shape index (κ3) is 4.39. The van der Waals surface area contributed by atoms with Gasteiger partial charge in [0.25, 0.3) is 0 Å². The molecule has 0 heterocycles. The Morgan fingerprint density at radius 3 is 2.42 bits per heavy atom. The maximum absolute atomic E-state index is 6.17. The van der Waals surface area contributed by atoms with Crippen LogP contribution in [0.25, 0.3) is 0 Å². The smallest absolute Gasteiger partial charge is 0.122 e. The fraction of sp³-hybridized carbons (Fsp3) is 0.625. The molecule has 2 nitrogen and oxygen atoms in total. The Hall–Kier alpha value is -0.730. The van der Waals surface area contributed by atoms with Crippen LogP contribution in [0.1, 0.15) is 45.1 Å². The summed E-state index contributed by atoms with van der Waals surface area (Å²) in [5.74, 6) is 2.04. The molecular weight excluding hydrogens is 258 g/mol. The van der Waals surface area contributed by atoms with Crippen LogP contribution in [0.5, 0.6) is 5.75 Å². The van der Waals surface area contributed by atoms with E-state index in [0.29, 0.717) is 11.8 Å². The average Bonchev–Trinajstić information content (AvgIpc) is 2.43. The fourth-order valence-corrected chi connectivity index (χ4v) is 2.86. The number of nitrogens with one attached hydrogen (secondary N) is 1. The lowest BCUT2D eigenvalue weighted by Crippen LogP contribution is -2.26. The van der Waals surface area contributed by atoms with Crippen LogP contribution in [0, 0.1) is 5.92 Å². The normalized spacial score (nSPS) is 12.7. The van der Waals surface area contributed by atoms with Crippen LogP contribution in [-0.4, -0.2) is 20.2 Å². The van der Waals surface area contributed by atoms with E-state index in [1.807, 2.05) is 12.1 Å². The zero-order chi connectivity index (χ0) is 14.3. The SMILES string of the molecule is CCNCC(c1cc(Cl)ccc1OC)C(CC)CC. The first-order valence-electron chi connectivity index (χ1n) is 7.21. The third-order valence-electron chi connectivity index (χ3n) is 3.82. The molecule has 0 aliphatic heterocycles. The molecule has 0 saturated carbocycles. The maximum atomic E-state index is 6.17. The highest BCUT2D eigenvalue weighted by Crippen LogP contribution is 2.36. The summed E-state index contributed by atoms with van der Waals surface area (Å²) in [4.78, 5) is 0. The lowest BCUT2D eigenvalue weighted by Gasteiger charge is -2.27. The Morgan fingerprint density at radius 2 is 1.89 bits per heavy atom. The second kappa shape index (κ2) is 8.44. The Labute approximate surface area is 122 Å². The van der Waals surface area contributed by atoms with Crippen LogP contribution in [0.3, 0.4) is 0 Å². The van der Waals surface area contributed by atoms with Crippen molar-refractivity contribution < 1.29 is 4.74 Å². The standard InChI is InChI=1S/C16H26ClNO/c1-5-12(6-2)15(11-18-7-3)14-10-13(17)8-9-16(14)19-4/h8-10,12,15,18H,5-7,11H2,1-4H3. The van der Waals surface area contributed by atoms with Gasteiger partial charge in [0.15, 0.2) is 0 Å². The first kappa shape index (κ1) is 16.3. The van der Waals surface area contributed by atoms with Crippen LogP contribution in [0.4, 0.5) is 0 Å². The number of rotatable bonds is 8. The number of halogens is 1. The van der Waals surface area contributed by atoms with Gasteiger partial charge in [-0.15, -0.1) is 0 Å². The molecule has 0 radical (unpaired) electrons. The van der Waals surface area contributed by atoms with E-state index in [1.54, 1.807) is 7.11 Å². The quantitative estimate of drug-likeness (QED) is 0.760. The molecule has 0 fully saturated rings. The third-order valence-corrected chi connectivity index (χ3v) is 4.06. The van der Waals surface area contributed by atoms with Crippen molar-refractivity contribution in [3.8, 4) is 5.75 Å². The summed E-state index contributed by atoms with van der Waals surface area (Å²) in [6.07, 6.45) is 2.34. The molecule has 1 rings (SSSR count). The van der Waals surface area contributed by atoms with Crippen LogP contribution in [0.2, 0.25) is 5.02 Å². The van der Waals surface area contributed by atoms with Crippen molar-refractivity contribution in [3.63, 3.8) is 0 Å². The van der Waals surface area contributed by atoms with E-state index in [9.17, 15) is 0 Å². The second-order valence-corrected chi connectivity index (χ2v) is 5.31. The van der Waals surface area contributed by atoms with Crippen LogP contribution >= 0.6 is 11.6 Å². The molecule has 1 aromatic rings. The summed E-state index contributed by atoms with van der Waals surface area (Å²) in [5.41, 5.74) is 1.23. The molecule has 0 aliphatic carbocycles. The number of methoxy groups -OCH3 is 1. The van der Waals surface area contributed by atoms with E-state index in [4.69, 9.17) is 16.3 Å². The molecule has 0 aliphatic rings. The molecule has 1 aromatic carbocycles. The van der Waals surface area contributed by atoms with E-state index in [-0.39, 0.29) is 0 Å². The molecule has 19 heavy (non-hydrogen) atoms. The summed E-state index contributed by atoms with van der Waals surface area (Å²) in [6.45, 7) is 8.60.